The van der Waals surface area contributed by atoms with E-state index in [2.05, 4.69) is 45.2 Å². The van der Waals surface area contributed by atoms with E-state index in [-0.39, 0.29) is 0 Å². The number of aryl methyl sites for hydroxylation is 2. The third-order valence-electron chi connectivity index (χ3n) is 3.39. The first-order valence-corrected chi connectivity index (χ1v) is 7.41. The molecule has 0 aromatic carbocycles. The summed E-state index contributed by atoms with van der Waals surface area (Å²) >= 11 is 3.58. The maximum Gasteiger partial charge on any atom is 0.165 e. The molecule has 0 aliphatic rings. The molecule has 2 aromatic rings. The second-order valence-electron chi connectivity index (χ2n) is 5.17. The van der Waals surface area contributed by atoms with Crippen LogP contribution in [0.25, 0.3) is 11.4 Å². The smallest absolute Gasteiger partial charge is 0.165 e. The predicted molar refractivity (Wildman–Crippen MR) is 85.0 cm³/mol. The molecule has 0 saturated heterocycles. The maximum absolute atomic E-state index is 4.73. The predicted octanol–water partition coefficient (Wildman–Crippen LogP) is 3.42. The van der Waals surface area contributed by atoms with Crippen molar-refractivity contribution in [3.8, 4) is 11.4 Å². The first kappa shape index (κ1) is 15.0. The van der Waals surface area contributed by atoms with E-state index < -0.39 is 0 Å². The molecule has 0 unspecified atom stereocenters. The normalized spacial score (nSPS) is 11.2. The summed E-state index contributed by atoms with van der Waals surface area (Å²) < 4.78 is 2.79. The minimum Gasteiger partial charge on any atom is -0.372 e. The molecule has 0 atom stereocenters. The van der Waals surface area contributed by atoms with Crippen LogP contribution in [-0.2, 0) is 7.05 Å². The molecule has 0 radical (unpaired) electrons. The minimum absolute atomic E-state index is 0.315. The number of halogens is 1. The molecule has 0 saturated carbocycles. The number of hydrogen-bond acceptors (Lipinski definition) is 4. The topological polar surface area (TPSA) is 55.6 Å². The number of aromatic nitrogens is 4. The zero-order chi connectivity index (χ0) is 15.0. The van der Waals surface area contributed by atoms with Gasteiger partial charge in [0, 0.05) is 19.8 Å². The van der Waals surface area contributed by atoms with Gasteiger partial charge in [-0.15, -0.1) is 0 Å². The molecule has 6 heteroatoms. The lowest BCUT2D eigenvalue weighted by molar-refractivity contribution is 0.731. The van der Waals surface area contributed by atoms with Gasteiger partial charge in [-0.25, -0.2) is 9.97 Å². The van der Waals surface area contributed by atoms with Crippen LogP contribution in [-0.4, -0.2) is 26.8 Å². The Morgan fingerprint density at radius 1 is 1.20 bits per heavy atom. The number of rotatable bonds is 3. The van der Waals surface area contributed by atoms with Crippen LogP contribution in [0.15, 0.2) is 4.47 Å². The van der Waals surface area contributed by atoms with Crippen LogP contribution >= 0.6 is 15.9 Å². The Hall–Kier alpha value is -1.43. The Balaban J connectivity index is 2.71. The van der Waals surface area contributed by atoms with Crippen molar-refractivity contribution in [3.05, 3.63) is 21.6 Å². The van der Waals surface area contributed by atoms with Crippen molar-refractivity contribution in [1.29, 1.82) is 0 Å². The zero-order valence-electron chi connectivity index (χ0n) is 12.7. The third-order valence-corrected chi connectivity index (χ3v) is 4.17. The summed E-state index contributed by atoms with van der Waals surface area (Å²) in [6, 6.07) is 0. The third kappa shape index (κ3) is 2.44. The first-order chi connectivity index (χ1) is 9.36. The fourth-order valence-corrected chi connectivity index (χ4v) is 3.06. The van der Waals surface area contributed by atoms with E-state index in [0.717, 1.165) is 38.8 Å². The molecule has 2 heterocycles. The van der Waals surface area contributed by atoms with Gasteiger partial charge in [0.1, 0.15) is 5.82 Å². The lowest BCUT2D eigenvalue weighted by Crippen LogP contribution is -2.05. The highest BCUT2D eigenvalue weighted by Crippen LogP contribution is 2.32. The quantitative estimate of drug-likeness (QED) is 0.932. The SMILES string of the molecule is CNc1nc(-c2c(C)nn(C)c2C)nc(C(C)C)c1Br. The van der Waals surface area contributed by atoms with Crippen LogP contribution in [0.3, 0.4) is 0 Å². The molecular weight excluding hydrogens is 318 g/mol. The lowest BCUT2D eigenvalue weighted by Gasteiger charge is -2.13. The molecule has 1 N–H and O–H groups in total. The Morgan fingerprint density at radius 2 is 1.85 bits per heavy atom. The van der Waals surface area contributed by atoms with E-state index in [0.29, 0.717) is 5.92 Å². The molecule has 0 bridgehead atoms. The van der Waals surface area contributed by atoms with E-state index in [9.17, 15) is 0 Å². The Bertz CT molecular complexity index is 645. The van der Waals surface area contributed by atoms with Crippen molar-refractivity contribution < 1.29 is 0 Å². The molecular formula is C14H20BrN5. The summed E-state index contributed by atoms with van der Waals surface area (Å²) in [6.45, 7) is 8.27. The van der Waals surface area contributed by atoms with Gasteiger partial charge < -0.3 is 5.32 Å². The minimum atomic E-state index is 0.315. The highest BCUT2D eigenvalue weighted by molar-refractivity contribution is 9.10. The van der Waals surface area contributed by atoms with Crippen LogP contribution in [0.2, 0.25) is 0 Å². The number of anilines is 1. The summed E-state index contributed by atoms with van der Waals surface area (Å²) in [5.41, 5.74) is 4.03. The van der Waals surface area contributed by atoms with Crippen LogP contribution < -0.4 is 5.32 Å². The van der Waals surface area contributed by atoms with E-state index >= 15 is 0 Å². The Kier molecular flexibility index (Phi) is 4.13. The number of nitrogens with zero attached hydrogens (tertiary/aromatic N) is 4. The second-order valence-corrected chi connectivity index (χ2v) is 5.96. The van der Waals surface area contributed by atoms with Gasteiger partial charge in [0.25, 0.3) is 0 Å². The molecule has 2 aromatic heterocycles. The highest BCUT2D eigenvalue weighted by Gasteiger charge is 2.19. The van der Waals surface area contributed by atoms with Crippen LogP contribution in [0, 0.1) is 13.8 Å². The highest BCUT2D eigenvalue weighted by atomic mass is 79.9. The molecule has 0 aliphatic heterocycles. The average molecular weight is 338 g/mol. The molecule has 2 rings (SSSR count). The molecule has 20 heavy (non-hydrogen) atoms. The Labute approximate surface area is 128 Å². The van der Waals surface area contributed by atoms with E-state index in [1.165, 1.54) is 0 Å². The monoisotopic (exact) mass is 337 g/mol. The molecule has 108 valence electrons. The second kappa shape index (κ2) is 5.52. The molecule has 0 amide bonds. The molecule has 0 aliphatic carbocycles. The lowest BCUT2D eigenvalue weighted by atomic mass is 10.1. The maximum atomic E-state index is 4.73. The van der Waals surface area contributed by atoms with Crippen molar-refractivity contribution in [2.24, 2.45) is 7.05 Å². The Morgan fingerprint density at radius 3 is 2.30 bits per heavy atom. The van der Waals surface area contributed by atoms with E-state index in [1.807, 2.05) is 32.6 Å². The van der Waals surface area contributed by atoms with Gasteiger partial charge in [-0.2, -0.15) is 5.10 Å². The van der Waals surface area contributed by atoms with Crippen LogP contribution in [0.5, 0.6) is 0 Å². The van der Waals surface area contributed by atoms with Gasteiger partial charge in [-0.05, 0) is 35.7 Å². The summed E-state index contributed by atoms with van der Waals surface area (Å²) in [5, 5.41) is 7.57. The van der Waals surface area contributed by atoms with Gasteiger partial charge in [-0.1, -0.05) is 13.8 Å². The van der Waals surface area contributed by atoms with Gasteiger partial charge in [0.15, 0.2) is 5.82 Å². The van der Waals surface area contributed by atoms with Gasteiger partial charge in [0.2, 0.25) is 0 Å². The standard InChI is InChI=1S/C14H20BrN5/c1-7(2)12-11(15)14(16-5)18-13(17-12)10-8(3)19-20(6)9(10)4/h7H,1-6H3,(H,16,17,18). The van der Waals surface area contributed by atoms with Gasteiger partial charge in [0.05, 0.1) is 21.4 Å². The summed E-state index contributed by atoms with van der Waals surface area (Å²) in [4.78, 5) is 9.35. The average Bonchev–Trinajstić information content (AvgIpc) is 2.64. The van der Waals surface area contributed by atoms with E-state index in [1.54, 1.807) is 0 Å². The van der Waals surface area contributed by atoms with Crippen molar-refractivity contribution >= 4 is 21.7 Å². The first-order valence-electron chi connectivity index (χ1n) is 6.62. The van der Waals surface area contributed by atoms with Crippen LogP contribution in [0.1, 0.15) is 36.8 Å². The summed E-state index contributed by atoms with van der Waals surface area (Å²) in [6.07, 6.45) is 0. The molecule has 0 fully saturated rings. The fourth-order valence-electron chi connectivity index (χ4n) is 2.22. The number of nitrogens with one attached hydrogen (secondary N) is 1. The zero-order valence-corrected chi connectivity index (χ0v) is 14.3. The van der Waals surface area contributed by atoms with Crippen molar-refractivity contribution in [3.63, 3.8) is 0 Å². The number of hydrogen-bond donors (Lipinski definition) is 1. The molecule has 5 nitrogen and oxygen atoms in total. The largest absolute Gasteiger partial charge is 0.372 e. The summed E-state index contributed by atoms with van der Waals surface area (Å²) in [5.74, 6) is 1.85. The van der Waals surface area contributed by atoms with Crippen molar-refractivity contribution in [1.82, 2.24) is 19.7 Å². The van der Waals surface area contributed by atoms with E-state index in [4.69, 9.17) is 4.98 Å². The van der Waals surface area contributed by atoms with Gasteiger partial charge in [-0.3, -0.25) is 4.68 Å². The van der Waals surface area contributed by atoms with Crippen molar-refractivity contribution in [2.45, 2.75) is 33.6 Å². The summed E-state index contributed by atoms with van der Waals surface area (Å²) in [7, 11) is 3.80. The van der Waals surface area contributed by atoms with Crippen LogP contribution in [0.4, 0.5) is 5.82 Å². The molecule has 0 spiro atoms. The van der Waals surface area contributed by atoms with Crippen molar-refractivity contribution in [2.75, 3.05) is 12.4 Å². The van der Waals surface area contributed by atoms with Gasteiger partial charge >= 0.3 is 0 Å². The fraction of sp³-hybridized carbons (Fsp3) is 0.500.